The first kappa shape index (κ1) is 34.7. The molecule has 3 aliphatic heterocycles. The van der Waals surface area contributed by atoms with E-state index in [0.29, 0.717) is 17.3 Å². The Hall–Kier alpha value is -0.210. The van der Waals surface area contributed by atoms with Gasteiger partial charge in [0, 0.05) is 17.3 Å². The molecule has 0 aromatic heterocycles. The maximum absolute atomic E-state index is 10.5. The zero-order chi connectivity index (χ0) is 30.9. The maximum atomic E-state index is 10.5. The van der Waals surface area contributed by atoms with Crippen LogP contribution in [0.25, 0.3) is 0 Å². The summed E-state index contributed by atoms with van der Waals surface area (Å²) in [5.41, 5.74) is 3.57. The Kier molecular flexibility index (Phi) is 12.3. The predicted molar refractivity (Wildman–Crippen MR) is 158 cm³/mol. The molecule has 3 aliphatic rings. The van der Waals surface area contributed by atoms with Crippen LogP contribution in [-0.4, -0.2) is 137 Å². The highest BCUT2D eigenvalue weighted by Gasteiger charge is 2.40. The van der Waals surface area contributed by atoms with E-state index in [-0.39, 0.29) is 19.8 Å². The van der Waals surface area contributed by atoms with E-state index in [2.05, 4.69) is 0 Å². The van der Waals surface area contributed by atoms with E-state index < -0.39 is 71.2 Å². The van der Waals surface area contributed by atoms with Gasteiger partial charge in [-0.15, -0.1) is 35.3 Å². The van der Waals surface area contributed by atoms with E-state index in [1.807, 2.05) is 20.8 Å². The van der Waals surface area contributed by atoms with Gasteiger partial charge >= 0.3 is 0 Å². The summed E-state index contributed by atoms with van der Waals surface area (Å²) in [4.78, 5) is 0. The number of benzene rings is 1. The molecular formula is C27H42O12S3. The number of rotatable bonds is 9. The summed E-state index contributed by atoms with van der Waals surface area (Å²) in [6, 6.07) is 0. The van der Waals surface area contributed by atoms with Gasteiger partial charge in [-0.2, -0.15) is 0 Å². The van der Waals surface area contributed by atoms with Gasteiger partial charge in [-0.1, -0.05) is 0 Å². The fourth-order valence-corrected chi connectivity index (χ4v) is 9.20. The van der Waals surface area contributed by atoms with Crippen LogP contribution >= 0.6 is 35.3 Å². The van der Waals surface area contributed by atoms with Crippen molar-refractivity contribution in [3.63, 3.8) is 0 Å². The van der Waals surface area contributed by atoms with Gasteiger partial charge in [0.2, 0.25) is 0 Å². The highest BCUT2D eigenvalue weighted by molar-refractivity contribution is 7.99. The summed E-state index contributed by atoms with van der Waals surface area (Å²) in [5.74, 6) is 1.25. The van der Waals surface area contributed by atoms with Crippen LogP contribution in [0.15, 0.2) is 0 Å². The summed E-state index contributed by atoms with van der Waals surface area (Å²) >= 11 is 3.91. The van der Waals surface area contributed by atoms with Crippen molar-refractivity contribution in [2.75, 3.05) is 19.8 Å². The van der Waals surface area contributed by atoms with Gasteiger partial charge in [-0.25, -0.2) is 0 Å². The monoisotopic (exact) mass is 654 g/mol. The van der Waals surface area contributed by atoms with Crippen molar-refractivity contribution < 1.29 is 60.2 Å². The molecule has 0 amide bonds. The molecule has 3 saturated heterocycles. The molecule has 1 aromatic rings. The average molecular weight is 655 g/mol. The van der Waals surface area contributed by atoms with Crippen LogP contribution in [0.3, 0.4) is 0 Å². The van der Waals surface area contributed by atoms with Crippen LogP contribution in [0.1, 0.15) is 33.4 Å². The van der Waals surface area contributed by atoms with Crippen molar-refractivity contribution in [1.82, 2.24) is 0 Å². The zero-order valence-electron chi connectivity index (χ0n) is 23.6. The first-order valence-electron chi connectivity index (χ1n) is 13.8. The van der Waals surface area contributed by atoms with Crippen molar-refractivity contribution in [3.05, 3.63) is 33.4 Å². The molecule has 9 N–H and O–H groups in total. The molecule has 0 saturated carbocycles. The highest BCUT2D eigenvalue weighted by Crippen LogP contribution is 2.39. The molecule has 42 heavy (non-hydrogen) atoms. The van der Waals surface area contributed by atoms with E-state index in [9.17, 15) is 46.0 Å². The van der Waals surface area contributed by atoms with Gasteiger partial charge in [0.05, 0.1) is 19.8 Å². The highest BCUT2D eigenvalue weighted by atomic mass is 32.2. The molecule has 4 rings (SSSR count). The van der Waals surface area contributed by atoms with Crippen molar-refractivity contribution in [1.29, 1.82) is 0 Å². The topological polar surface area (TPSA) is 210 Å². The van der Waals surface area contributed by atoms with Crippen LogP contribution in [0.2, 0.25) is 0 Å². The third-order valence-corrected chi connectivity index (χ3v) is 11.9. The van der Waals surface area contributed by atoms with Gasteiger partial charge in [0.1, 0.15) is 71.2 Å². The minimum Gasteiger partial charge on any atom is -0.388 e. The molecule has 0 bridgehead atoms. The molecule has 1 aromatic carbocycles. The largest absolute Gasteiger partial charge is 0.388 e. The molecule has 12 unspecified atom stereocenters. The van der Waals surface area contributed by atoms with Crippen LogP contribution < -0.4 is 0 Å². The summed E-state index contributed by atoms with van der Waals surface area (Å²) in [7, 11) is 0. The number of hydrogen-bond acceptors (Lipinski definition) is 15. The van der Waals surface area contributed by atoms with Crippen molar-refractivity contribution >= 4 is 35.3 Å². The smallest absolute Gasteiger partial charge is 0.132 e. The van der Waals surface area contributed by atoms with Crippen LogP contribution in [0, 0.1) is 20.8 Å². The summed E-state index contributed by atoms with van der Waals surface area (Å²) < 4.78 is 16.8. The zero-order valence-corrected chi connectivity index (χ0v) is 26.1. The Bertz CT molecular complexity index is 916. The molecule has 0 spiro atoms. The number of hydrogen-bond donors (Lipinski definition) is 9. The number of aliphatic hydroxyl groups is 9. The van der Waals surface area contributed by atoms with Crippen molar-refractivity contribution in [2.45, 2.75) is 109 Å². The normalized spacial score (nSPS) is 39.4. The first-order chi connectivity index (χ1) is 19.8. The average Bonchev–Trinajstić information content (AvgIpc) is 2.96. The molecule has 3 fully saturated rings. The lowest BCUT2D eigenvalue weighted by Crippen LogP contribution is -2.51. The third-order valence-electron chi connectivity index (χ3n) is 8.25. The number of thioether (sulfide) groups is 3. The fourth-order valence-electron chi connectivity index (χ4n) is 5.31. The third kappa shape index (κ3) is 7.43. The number of ether oxygens (including phenoxy) is 3. The Morgan fingerprint density at radius 1 is 0.452 bits per heavy atom. The van der Waals surface area contributed by atoms with E-state index in [1.54, 1.807) is 0 Å². The second-order valence-corrected chi connectivity index (χ2v) is 14.3. The first-order valence-corrected chi connectivity index (χ1v) is 16.9. The van der Waals surface area contributed by atoms with Crippen LogP contribution in [0.5, 0.6) is 0 Å². The van der Waals surface area contributed by atoms with E-state index in [1.165, 1.54) is 35.3 Å². The molecule has 240 valence electrons. The predicted octanol–water partition coefficient (Wildman–Crippen LogP) is -1.37. The molecular weight excluding hydrogens is 612 g/mol. The Morgan fingerprint density at radius 3 is 0.929 bits per heavy atom. The molecule has 12 atom stereocenters. The fraction of sp³-hybridized carbons (Fsp3) is 0.778. The summed E-state index contributed by atoms with van der Waals surface area (Å²) in [6.07, 6.45) is -11.3. The van der Waals surface area contributed by atoms with Crippen LogP contribution in [-0.2, 0) is 31.5 Å². The van der Waals surface area contributed by atoms with Gasteiger partial charge in [-0.3, -0.25) is 0 Å². The SMILES string of the molecule is Cc1c(CSC2OCC(O)C(O)C2O)c(C)c(CSC2OCC(O)C(O)C2O)c(C)c1CSC1OCC(O)C(O)C1O. The Morgan fingerprint density at radius 2 is 0.690 bits per heavy atom. The summed E-state index contributed by atoms with van der Waals surface area (Å²) in [5, 5.41) is 91.1. The molecule has 0 aliphatic carbocycles. The van der Waals surface area contributed by atoms with E-state index in [0.717, 1.165) is 33.4 Å². The lowest BCUT2D eigenvalue weighted by atomic mass is 9.90. The van der Waals surface area contributed by atoms with E-state index in [4.69, 9.17) is 14.2 Å². The lowest BCUT2D eigenvalue weighted by Gasteiger charge is -2.36. The Labute approximate surface area is 257 Å². The van der Waals surface area contributed by atoms with Gasteiger partial charge in [-0.05, 0) is 54.2 Å². The maximum Gasteiger partial charge on any atom is 0.132 e. The second kappa shape index (κ2) is 14.9. The van der Waals surface area contributed by atoms with Gasteiger partial charge in [0.25, 0.3) is 0 Å². The molecule has 12 nitrogen and oxygen atoms in total. The quantitative estimate of drug-likeness (QED) is 0.150. The molecule has 3 heterocycles. The molecule has 15 heteroatoms. The van der Waals surface area contributed by atoms with Crippen molar-refractivity contribution in [2.24, 2.45) is 0 Å². The van der Waals surface area contributed by atoms with Crippen molar-refractivity contribution in [3.8, 4) is 0 Å². The van der Waals surface area contributed by atoms with Crippen LogP contribution in [0.4, 0.5) is 0 Å². The Balaban J connectivity index is 1.58. The molecule has 0 radical (unpaired) electrons. The number of aliphatic hydroxyl groups excluding tert-OH is 9. The lowest BCUT2D eigenvalue weighted by molar-refractivity contribution is -0.161. The minimum atomic E-state index is -1.32. The standard InChI is InChI=1S/C27H42O12S3/c1-10-13(7-40-25-22(34)19(31)16(28)4-37-25)11(2)15(9-42-27-24(36)21(33)18(30)6-39-27)12(3)14(10)8-41-26-23(35)20(32)17(29)5-38-26/h16-36H,4-9H2,1-3H3. The minimum absolute atomic E-state index is 0.0972. The van der Waals surface area contributed by atoms with Gasteiger partial charge in [0.15, 0.2) is 0 Å². The van der Waals surface area contributed by atoms with E-state index >= 15 is 0 Å². The second-order valence-electron chi connectivity index (χ2n) is 11.0. The summed E-state index contributed by atoms with van der Waals surface area (Å²) in [6.45, 7) is 5.63. The van der Waals surface area contributed by atoms with Gasteiger partial charge < -0.3 is 60.2 Å².